The fourth-order valence-electron chi connectivity index (χ4n) is 2.04. The maximum absolute atomic E-state index is 11.6. The minimum absolute atomic E-state index is 0.00255. The van der Waals surface area contributed by atoms with E-state index in [4.69, 9.17) is 9.47 Å². The Morgan fingerprint density at radius 2 is 1.82 bits per heavy atom. The Morgan fingerprint density at radius 3 is 2.41 bits per heavy atom. The molecule has 2 N–H and O–H groups in total. The van der Waals surface area contributed by atoms with Crippen LogP contribution in [-0.2, 0) is 4.79 Å². The maximum Gasteiger partial charge on any atom is 0.336 e. The molecule has 0 aromatic heterocycles. The van der Waals surface area contributed by atoms with Crippen molar-refractivity contribution in [3.8, 4) is 17.2 Å². The molecule has 22 heavy (non-hydrogen) atoms. The number of aliphatic carboxylic acids is 1. The van der Waals surface area contributed by atoms with Crippen LogP contribution in [0.2, 0.25) is 0 Å². The van der Waals surface area contributed by atoms with Crippen LogP contribution in [0.15, 0.2) is 42.5 Å². The molecule has 0 bridgehead atoms. The van der Waals surface area contributed by atoms with Gasteiger partial charge in [0.05, 0.1) is 19.8 Å². The van der Waals surface area contributed by atoms with E-state index in [0.29, 0.717) is 22.6 Å². The summed E-state index contributed by atoms with van der Waals surface area (Å²) in [6.45, 7) is 0. The topological polar surface area (TPSA) is 76.0 Å². The number of phenolic OH excluding ortho intramolecular Hbond substituents is 1. The molecule has 0 unspecified atom stereocenters. The van der Waals surface area contributed by atoms with E-state index in [9.17, 15) is 15.0 Å². The van der Waals surface area contributed by atoms with Crippen molar-refractivity contribution in [2.75, 3.05) is 14.2 Å². The van der Waals surface area contributed by atoms with Gasteiger partial charge >= 0.3 is 5.97 Å². The summed E-state index contributed by atoms with van der Waals surface area (Å²) in [4.78, 5) is 11.6. The second-order valence-corrected chi connectivity index (χ2v) is 4.49. The van der Waals surface area contributed by atoms with Crippen LogP contribution in [0.5, 0.6) is 17.2 Å². The fourth-order valence-corrected chi connectivity index (χ4v) is 2.04. The van der Waals surface area contributed by atoms with E-state index in [2.05, 4.69) is 0 Å². The van der Waals surface area contributed by atoms with Crippen molar-refractivity contribution in [1.29, 1.82) is 0 Å². The molecule has 0 saturated heterocycles. The van der Waals surface area contributed by atoms with Gasteiger partial charge in [-0.25, -0.2) is 4.79 Å². The fraction of sp³-hybridized carbons (Fsp3) is 0.118. The highest BCUT2D eigenvalue weighted by Crippen LogP contribution is 2.32. The summed E-state index contributed by atoms with van der Waals surface area (Å²) in [6, 6.07) is 11.4. The zero-order valence-electron chi connectivity index (χ0n) is 12.2. The number of carboxylic acids is 1. The average molecular weight is 300 g/mol. The van der Waals surface area contributed by atoms with Crippen LogP contribution in [0, 0.1) is 0 Å². The lowest BCUT2D eigenvalue weighted by Gasteiger charge is -2.11. The molecule has 2 aromatic carbocycles. The summed E-state index contributed by atoms with van der Waals surface area (Å²) < 4.78 is 10.4. The number of carboxylic acid groups (broad SMARTS) is 1. The first kappa shape index (κ1) is 15.4. The Morgan fingerprint density at radius 1 is 1.09 bits per heavy atom. The van der Waals surface area contributed by atoms with Gasteiger partial charge in [-0.15, -0.1) is 0 Å². The first-order valence-corrected chi connectivity index (χ1v) is 6.52. The summed E-state index contributed by atoms with van der Waals surface area (Å²) in [5, 5.41) is 19.3. The molecule has 2 rings (SSSR count). The van der Waals surface area contributed by atoms with Gasteiger partial charge in [-0.1, -0.05) is 18.2 Å². The zero-order valence-corrected chi connectivity index (χ0v) is 12.2. The number of methoxy groups -OCH3 is 2. The minimum Gasteiger partial charge on any atom is -0.507 e. The smallest absolute Gasteiger partial charge is 0.336 e. The second-order valence-electron chi connectivity index (χ2n) is 4.49. The standard InChI is InChI=1S/C17H16O5/c1-21-12-7-8-16(22-2)13(10-12)14(17(19)20)9-11-5-3-4-6-15(11)18/h3-10,18H,1-2H3,(H,19,20)/b14-9-. The third-order valence-corrected chi connectivity index (χ3v) is 3.16. The lowest BCUT2D eigenvalue weighted by Crippen LogP contribution is -2.02. The van der Waals surface area contributed by atoms with Gasteiger partial charge in [0.1, 0.15) is 17.2 Å². The number of hydrogen-bond donors (Lipinski definition) is 2. The first-order valence-electron chi connectivity index (χ1n) is 6.52. The van der Waals surface area contributed by atoms with Crippen molar-refractivity contribution in [2.45, 2.75) is 0 Å². The highest BCUT2D eigenvalue weighted by Gasteiger charge is 2.17. The van der Waals surface area contributed by atoms with Crippen molar-refractivity contribution in [3.05, 3.63) is 53.6 Å². The summed E-state index contributed by atoms with van der Waals surface area (Å²) in [5.74, 6) is -0.206. The molecule has 114 valence electrons. The van der Waals surface area contributed by atoms with Crippen molar-refractivity contribution in [2.24, 2.45) is 0 Å². The molecular formula is C17H16O5. The van der Waals surface area contributed by atoms with Gasteiger partial charge in [0.25, 0.3) is 0 Å². The second kappa shape index (κ2) is 6.67. The number of para-hydroxylation sites is 1. The highest BCUT2D eigenvalue weighted by molar-refractivity contribution is 6.21. The van der Waals surface area contributed by atoms with Crippen LogP contribution in [0.4, 0.5) is 0 Å². The normalized spacial score (nSPS) is 11.1. The van der Waals surface area contributed by atoms with Gasteiger partial charge in [0.2, 0.25) is 0 Å². The predicted octanol–water partition coefficient (Wildman–Crippen LogP) is 3.03. The Hall–Kier alpha value is -2.95. The molecule has 5 nitrogen and oxygen atoms in total. The molecule has 0 spiro atoms. The third kappa shape index (κ3) is 3.20. The Kier molecular flexibility index (Phi) is 4.68. The van der Waals surface area contributed by atoms with E-state index in [1.54, 1.807) is 36.4 Å². The maximum atomic E-state index is 11.6. The Bertz CT molecular complexity index is 719. The molecule has 0 saturated carbocycles. The van der Waals surface area contributed by atoms with E-state index in [1.165, 1.54) is 26.4 Å². The van der Waals surface area contributed by atoms with E-state index >= 15 is 0 Å². The third-order valence-electron chi connectivity index (χ3n) is 3.16. The number of carbonyl (C=O) groups is 1. The van der Waals surface area contributed by atoms with Gasteiger partial charge in [0, 0.05) is 11.1 Å². The molecule has 2 aromatic rings. The number of hydrogen-bond acceptors (Lipinski definition) is 4. The molecule has 5 heteroatoms. The van der Waals surface area contributed by atoms with Crippen molar-refractivity contribution < 1.29 is 24.5 Å². The quantitative estimate of drug-likeness (QED) is 0.655. The Balaban J connectivity index is 2.63. The van der Waals surface area contributed by atoms with Gasteiger partial charge in [-0.05, 0) is 30.3 Å². The SMILES string of the molecule is COc1ccc(OC)c(/C(=C/c2ccccc2O)C(=O)O)c1. The van der Waals surface area contributed by atoms with Crippen LogP contribution < -0.4 is 9.47 Å². The molecule has 0 radical (unpaired) electrons. The van der Waals surface area contributed by atoms with Crippen LogP contribution in [0.1, 0.15) is 11.1 Å². The molecule has 0 aliphatic heterocycles. The van der Waals surface area contributed by atoms with E-state index < -0.39 is 5.97 Å². The molecule has 0 aliphatic rings. The predicted molar refractivity (Wildman–Crippen MR) is 83.2 cm³/mol. The number of aromatic hydroxyl groups is 1. The van der Waals surface area contributed by atoms with Crippen molar-refractivity contribution in [3.63, 3.8) is 0 Å². The molecule has 0 atom stereocenters. The number of ether oxygens (including phenoxy) is 2. The zero-order chi connectivity index (χ0) is 16.1. The van der Waals surface area contributed by atoms with Crippen LogP contribution in [0.25, 0.3) is 11.6 Å². The highest BCUT2D eigenvalue weighted by atomic mass is 16.5. The summed E-state index contributed by atoms with van der Waals surface area (Å²) in [6.07, 6.45) is 1.40. The van der Waals surface area contributed by atoms with Crippen LogP contribution in [-0.4, -0.2) is 30.4 Å². The van der Waals surface area contributed by atoms with Gasteiger partial charge < -0.3 is 19.7 Å². The van der Waals surface area contributed by atoms with Crippen molar-refractivity contribution in [1.82, 2.24) is 0 Å². The first-order chi connectivity index (χ1) is 10.6. The van der Waals surface area contributed by atoms with Crippen LogP contribution >= 0.6 is 0 Å². The van der Waals surface area contributed by atoms with E-state index in [0.717, 1.165) is 0 Å². The van der Waals surface area contributed by atoms with Gasteiger partial charge in [-0.2, -0.15) is 0 Å². The largest absolute Gasteiger partial charge is 0.507 e. The molecular weight excluding hydrogens is 284 g/mol. The summed E-state index contributed by atoms with van der Waals surface area (Å²) in [7, 11) is 2.96. The monoisotopic (exact) mass is 300 g/mol. The van der Waals surface area contributed by atoms with Crippen LogP contribution in [0.3, 0.4) is 0 Å². The molecule has 0 fully saturated rings. The van der Waals surface area contributed by atoms with E-state index in [1.807, 2.05) is 0 Å². The average Bonchev–Trinajstić information content (AvgIpc) is 2.53. The summed E-state index contributed by atoms with van der Waals surface area (Å²) >= 11 is 0. The summed E-state index contributed by atoms with van der Waals surface area (Å²) in [5.41, 5.74) is 0.777. The number of benzene rings is 2. The molecule has 0 amide bonds. The van der Waals surface area contributed by atoms with Gasteiger partial charge in [0.15, 0.2) is 0 Å². The minimum atomic E-state index is -1.13. The lowest BCUT2D eigenvalue weighted by atomic mass is 10.0. The number of phenols is 1. The molecule has 0 aliphatic carbocycles. The van der Waals surface area contributed by atoms with E-state index in [-0.39, 0.29) is 11.3 Å². The van der Waals surface area contributed by atoms with Crippen molar-refractivity contribution >= 4 is 17.6 Å². The molecule has 0 heterocycles. The Labute approximate surface area is 128 Å². The lowest BCUT2D eigenvalue weighted by molar-refractivity contribution is -0.130. The number of rotatable bonds is 5. The van der Waals surface area contributed by atoms with Gasteiger partial charge in [-0.3, -0.25) is 0 Å².